The zero-order valence-electron chi connectivity index (χ0n) is 27.3. The van der Waals surface area contributed by atoms with Gasteiger partial charge in [0.25, 0.3) is 0 Å². The van der Waals surface area contributed by atoms with Crippen LogP contribution in [0.4, 0.5) is 0 Å². The smallest absolute Gasteiger partial charge is 0.0280 e. The molecule has 0 radical (unpaired) electrons. The van der Waals surface area contributed by atoms with E-state index in [2.05, 4.69) is 80.3 Å². The van der Waals surface area contributed by atoms with Gasteiger partial charge in [0.1, 0.15) is 0 Å². The fourth-order valence-corrected chi connectivity index (χ4v) is 5.89. The van der Waals surface area contributed by atoms with Crippen LogP contribution in [0.1, 0.15) is 177 Å². The van der Waals surface area contributed by atoms with Crippen molar-refractivity contribution in [1.29, 1.82) is 0 Å². The largest absolute Gasteiger partial charge is 0.101 e. The van der Waals surface area contributed by atoms with Crippen LogP contribution in [-0.4, -0.2) is 0 Å². The van der Waals surface area contributed by atoms with Gasteiger partial charge in [-0.25, -0.2) is 0 Å². The molecule has 0 aliphatic heterocycles. The van der Waals surface area contributed by atoms with Crippen molar-refractivity contribution in [3.63, 3.8) is 0 Å². The Morgan fingerprint density at radius 3 is 1.46 bits per heavy atom. The molecule has 2 aromatic rings. The van der Waals surface area contributed by atoms with Gasteiger partial charge in [0.05, 0.1) is 0 Å². The zero-order valence-corrected chi connectivity index (χ0v) is 27.3. The number of unbranched alkanes of at least 4 members (excludes halogenated alkanes) is 18. The predicted octanol–water partition coefficient (Wildman–Crippen LogP) is 13.2. The summed E-state index contributed by atoms with van der Waals surface area (Å²) in [5.74, 6) is 6.68. The van der Waals surface area contributed by atoms with Gasteiger partial charge in [0.2, 0.25) is 0 Å². The van der Waals surface area contributed by atoms with E-state index in [0.29, 0.717) is 0 Å². The molecule has 0 fully saturated rings. The van der Waals surface area contributed by atoms with E-state index in [1.54, 1.807) is 0 Å². The van der Waals surface area contributed by atoms with Gasteiger partial charge in [-0.3, -0.25) is 0 Å². The maximum atomic E-state index is 3.47. The van der Waals surface area contributed by atoms with E-state index in [4.69, 9.17) is 0 Å². The van der Waals surface area contributed by atoms with Crippen molar-refractivity contribution in [3.05, 3.63) is 70.3 Å². The van der Waals surface area contributed by atoms with Crippen LogP contribution in [0.25, 0.3) is 12.2 Å². The quantitative estimate of drug-likeness (QED) is 0.0687. The van der Waals surface area contributed by atoms with E-state index in [9.17, 15) is 0 Å². The Balaban J connectivity index is 1.93. The van der Waals surface area contributed by atoms with Crippen molar-refractivity contribution in [2.24, 2.45) is 0 Å². The summed E-state index contributed by atoms with van der Waals surface area (Å²) in [5, 5.41) is 0. The molecular formula is C41H62. The molecule has 0 aliphatic rings. The van der Waals surface area contributed by atoms with Gasteiger partial charge in [-0.15, -0.1) is 5.92 Å². The summed E-state index contributed by atoms with van der Waals surface area (Å²) in [6.45, 7) is 6.58. The Bertz CT molecular complexity index is 984. The van der Waals surface area contributed by atoms with Crippen LogP contribution in [0.2, 0.25) is 0 Å². The van der Waals surface area contributed by atoms with Crippen LogP contribution >= 0.6 is 0 Å². The molecule has 0 aromatic heterocycles. The minimum atomic E-state index is 1.14. The van der Waals surface area contributed by atoms with Crippen LogP contribution in [0.15, 0.2) is 42.5 Å². The molecule has 0 heterocycles. The first-order valence-corrected chi connectivity index (χ1v) is 17.6. The van der Waals surface area contributed by atoms with Crippen molar-refractivity contribution < 1.29 is 0 Å². The lowest BCUT2D eigenvalue weighted by Gasteiger charge is -2.13. The number of benzene rings is 2. The van der Waals surface area contributed by atoms with Crippen LogP contribution in [-0.2, 0) is 12.8 Å². The molecule has 0 aliphatic carbocycles. The van der Waals surface area contributed by atoms with E-state index >= 15 is 0 Å². The molecule has 2 aromatic carbocycles. The first-order valence-electron chi connectivity index (χ1n) is 17.6. The van der Waals surface area contributed by atoms with Crippen LogP contribution in [0.5, 0.6) is 0 Å². The number of hydrogen-bond acceptors (Lipinski definition) is 0. The molecule has 0 bridgehead atoms. The molecule has 0 atom stereocenters. The van der Waals surface area contributed by atoms with Crippen molar-refractivity contribution in [2.45, 2.75) is 162 Å². The summed E-state index contributed by atoms with van der Waals surface area (Å²) < 4.78 is 0. The highest BCUT2D eigenvalue weighted by Gasteiger charge is 2.08. The van der Waals surface area contributed by atoms with Gasteiger partial charge in [-0.2, -0.15) is 0 Å². The van der Waals surface area contributed by atoms with Gasteiger partial charge < -0.3 is 0 Å². The molecule has 0 saturated heterocycles. The molecule has 0 heteroatoms. The van der Waals surface area contributed by atoms with Crippen LogP contribution in [0.3, 0.4) is 0 Å². The Morgan fingerprint density at radius 1 is 0.512 bits per heavy atom. The standard InChI is InChI=1S/C41H62/c1-4-7-9-11-13-15-17-19-21-26-31-39-36-41(34-33-37-29-24-23-25-30-37)40(35-38(39)28-6-3)32-27-22-20-18-16-14-12-10-8-5-2/h23-25,29-30,33-36H,4-5,7-22,26-27,31-32H2,1-3H3/b34-33+. The predicted molar refractivity (Wildman–Crippen MR) is 185 cm³/mol. The summed E-state index contributed by atoms with van der Waals surface area (Å²) in [6, 6.07) is 15.6. The maximum Gasteiger partial charge on any atom is 0.0280 e. The average Bonchev–Trinajstić information content (AvgIpc) is 2.99. The van der Waals surface area contributed by atoms with E-state index in [0.717, 1.165) is 12.8 Å². The second-order valence-corrected chi connectivity index (χ2v) is 12.2. The van der Waals surface area contributed by atoms with Crippen LogP contribution in [0, 0.1) is 11.8 Å². The molecular weight excluding hydrogens is 492 g/mol. The van der Waals surface area contributed by atoms with Gasteiger partial charge >= 0.3 is 0 Å². The second-order valence-electron chi connectivity index (χ2n) is 12.2. The highest BCUT2D eigenvalue weighted by molar-refractivity contribution is 5.72. The molecule has 41 heavy (non-hydrogen) atoms. The van der Waals surface area contributed by atoms with Crippen molar-refractivity contribution in [3.8, 4) is 11.8 Å². The molecule has 0 unspecified atom stereocenters. The summed E-state index contributed by atoms with van der Waals surface area (Å²) in [7, 11) is 0. The fourth-order valence-electron chi connectivity index (χ4n) is 5.89. The SMILES string of the molecule is CC#Cc1cc(CCCCCCCCCCCC)c(/C=C/c2ccccc2)cc1CCCCCCCCCCCC. The summed E-state index contributed by atoms with van der Waals surface area (Å²) in [4.78, 5) is 0. The van der Waals surface area contributed by atoms with Crippen molar-refractivity contribution in [2.75, 3.05) is 0 Å². The summed E-state index contributed by atoms with van der Waals surface area (Å²) in [5.41, 5.74) is 6.85. The number of hydrogen-bond donors (Lipinski definition) is 0. The Labute approximate surface area is 255 Å². The van der Waals surface area contributed by atoms with E-state index in [1.165, 1.54) is 156 Å². The maximum absolute atomic E-state index is 3.47. The molecule has 0 saturated carbocycles. The van der Waals surface area contributed by atoms with Gasteiger partial charge in [0.15, 0.2) is 0 Å². The fraction of sp³-hybridized carbons (Fsp3) is 0.610. The van der Waals surface area contributed by atoms with Gasteiger partial charge in [-0.1, -0.05) is 184 Å². The third-order valence-corrected chi connectivity index (χ3v) is 8.48. The topological polar surface area (TPSA) is 0 Å². The molecule has 0 N–H and O–H groups in total. The Hall–Kier alpha value is -2.26. The average molecular weight is 555 g/mol. The minimum absolute atomic E-state index is 1.14. The normalized spacial score (nSPS) is 11.2. The Kier molecular flexibility index (Phi) is 20.7. The lowest BCUT2D eigenvalue weighted by molar-refractivity contribution is 0.555. The third kappa shape index (κ3) is 16.7. The van der Waals surface area contributed by atoms with E-state index in [-0.39, 0.29) is 0 Å². The molecule has 0 amide bonds. The number of aryl methyl sites for hydroxylation is 2. The first-order chi connectivity index (χ1) is 20.3. The first kappa shape index (κ1) is 34.9. The summed E-state index contributed by atoms with van der Waals surface area (Å²) >= 11 is 0. The molecule has 2 rings (SSSR count). The minimum Gasteiger partial charge on any atom is -0.101 e. The lowest BCUT2D eigenvalue weighted by Crippen LogP contribution is -1.98. The lowest BCUT2D eigenvalue weighted by atomic mass is 9.91. The van der Waals surface area contributed by atoms with Crippen molar-refractivity contribution in [1.82, 2.24) is 0 Å². The highest BCUT2D eigenvalue weighted by atomic mass is 14.1. The highest BCUT2D eigenvalue weighted by Crippen LogP contribution is 2.24. The molecule has 0 nitrogen and oxygen atoms in total. The van der Waals surface area contributed by atoms with E-state index in [1.807, 2.05) is 6.92 Å². The monoisotopic (exact) mass is 554 g/mol. The Morgan fingerprint density at radius 2 is 0.976 bits per heavy atom. The van der Waals surface area contributed by atoms with Gasteiger partial charge in [0, 0.05) is 5.56 Å². The third-order valence-electron chi connectivity index (χ3n) is 8.48. The molecule has 0 spiro atoms. The number of rotatable bonds is 24. The summed E-state index contributed by atoms with van der Waals surface area (Å²) in [6.07, 6.45) is 34.6. The zero-order chi connectivity index (χ0) is 29.2. The molecule has 226 valence electrons. The van der Waals surface area contributed by atoms with Crippen LogP contribution < -0.4 is 0 Å². The van der Waals surface area contributed by atoms with Crippen molar-refractivity contribution >= 4 is 12.2 Å². The second kappa shape index (κ2) is 24.3. The van der Waals surface area contributed by atoms with E-state index < -0.39 is 0 Å². The van der Waals surface area contributed by atoms with Gasteiger partial charge in [-0.05, 0) is 60.9 Å².